The van der Waals surface area contributed by atoms with Gasteiger partial charge in [0.25, 0.3) is 0 Å². The third-order valence-electron chi connectivity index (χ3n) is 3.53. The lowest BCUT2D eigenvalue weighted by Gasteiger charge is -2.23. The highest BCUT2D eigenvalue weighted by atomic mass is 32.1. The van der Waals surface area contributed by atoms with Gasteiger partial charge >= 0.3 is 4.87 Å². The number of thiophene rings is 1. The van der Waals surface area contributed by atoms with Crippen LogP contribution in [0.4, 0.5) is 0 Å². The third kappa shape index (κ3) is 4.28. The molecule has 2 aromatic rings. The van der Waals surface area contributed by atoms with Gasteiger partial charge in [-0.25, -0.2) is 0 Å². The maximum absolute atomic E-state index is 12.0. The van der Waals surface area contributed by atoms with Crippen LogP contribution in [-0.2, 0) is 11.3 Å². The van der Waals surface area contributed by atoms with Crippen molar-refractivity contribution in [1.82, 2.24) is 14.8 Å². The predicted molar refractivity (Wildman–Crippen MR) is 91.7 cm³/mol. The number of nitrogens with zero attached hydrogens (tertiary/aromatic N) is 2. The summed E-state index contributed by atoms with van der Waals surface area (Å²) < 4.78 is 1.65. The molecule has 0 saturated heterocycles. The topological polar surface area (TPSA) is 54.3 Å². The van der Waals surface area contributed by atoms with E-state index in [2.05, 4.69) is 16.3 Å². The van der Waals surface area contributed by atoms with Crippen LogP contribution >= 0.6 is 22.7 Å². The van der Waals surface area contributed by atoms with Crippen molar-refractivity contribution < 1.29 is 4.79 Å². The summed E-state index contributed by atoms with van der Waals surface area (Å²) in [5.41, 5.74) is 0.910. The minimum absolute atomic E-state index is 0.00458. The summed E-state index contributed by atoms with van der Waals surface area (Å²) >= 11 is 2.86. The van der Waals surface area contributed by atoms with Crippen molar-refractivity contribution in [1.29, 1.82) is 0 Å². The molecule has 2 aromatic heterocycles. The van der Waals surface area contributed by atoms with E-state index in [9.17, 15) is 9.59 Å². The van der Waals surface area contributed by atoms with Crippen LogP contribution in [0.1, 0.15) is 23.0 Å². The minimum atomic E-state index is -0.0269. The second-order valence-corrected chi connectivity index (χ2v) is 7.14. The number of aryl methyl sites for hydroxylation is 1. The normalized spacial score (nSPS) is 12.5. The number of carbonyl (C=O) groups is 1. The molecule has 120 valence electrons. The summed E-state index contributed by atoms with van der Waals surface area (Å²) in [5, 5.41) is 6.83. The van der Waals surface area contributed by atoms with Gasteiger partial charge in [0.2, 0.25) is 5.91 Å². The Morgan fingerprint density at radius 3 is 2.73 bits per heavy atom. The van der Waals surface area contributed by atoms with Crippen molar-refractivity contribution in [2.75, 3.05) is 20.6 Å². The first-order chi connectivity index (χ1) is 10.5. The van der Waals surface area contributed by atoms with Crippen molar-refractivity contribution >= 4 is 28.6 Å². The number of rotatable bonds is 7. The average Bonchev–Trinajstić information content (AvgIpc) is 3.08. The maximum Gasteiger partial charge on any atom is 0.307 e. The lowest BCUT2D eigenvalue weighted by Crippen LogP contribution is -2.34. The fraction of sp³-hybridized carbons (Fsp3) is 0.467. The summed E-state index contributed by atoms with van der Waals surface area (Å²) in [6, 6.07) is 4.27. The van der Waals surface area contributed by atoms with E-state index in [1.807, 2.05) is 37.8 Å². The van der Waals surface area contributed by atoms with Crippen molar-refractivity contribution in [2.24, 2.45) is 0 Å². The van der Waals surface area contributed by atoms with Crippen LogP contribution < -0.4 is 10.2 Å². The Morgan fingerprint density at radius 1 is 1.41 bits per heavy atom. The molecule has 0 bridgehead atoms. The van der Waals surface area contributed by atoms with E-state index < -0.39 is 0 Å². The highest BCUT2D eigenvalue weighted by Crippen LogP contribution is 2.22. The Kier molecular flexibility index (Phi) is 5.93. The molecule has 0 aliphatic rings. The molecule has 5 nitrogen and oxygen atoms in total. The van der Waals surface area contributed by atoms with E-state index in [1.54, 1.807) is 15.9 Å². The summed E-state index contributed by atoms with van der Waals surface area (Å²) in [7, 11) is 4.01. The number of nitrogens with one attached hydrogen (secondary N) is 1. The van der Waals surface area contributed by atoms with E-state index in [0.717, 1.165) is 5.69 Å². The second-order valence-electron chi connectivity index (χ2n) is 5.34. The molecule has 22 heavy (non-hydrogen) atoms. The number of hydrogen-bond donors (Lipinski definition) is 1. The van der Waals surface area contributed by atoms with Gasteiger partial charge in [-0.05, 0) is 32.5 Å². The molecule has 0 spiro atoms. The van der Waals surface area contributed by atoms with Crippen LogP contribution in [0, 0.1) is 6.92 Å². The Bertz CT molecular complexity index is 659. The number of hydrogen-bond acceptors (Lipinski definition) is 5. The Balaban J connectivity index is 1.85. The van der Waals surface area contributed by atoms with Crippen LogP contribution in [0.15, 0.2) is 27.7 Å². The van der Waals surface area contributed by atoms with E-state index in [1.165, 1.54) is 16.2 Å². The van der Waals surface area contributed by atoms with Crippen LogP contribution in [-0.4, -0.2) is 36.0 Å². The van der Waals surface area contributed by atoms with Gasteiger partial charge in [0, 0.05) is 35.5 Å². The third-order valence-corrected chi connectivity index (χ3v) is 5.38. The molecule has 1 N–H and O–H groups in total. The first kappa shape index (κ1) is 16.9. The maximum atomic E-state index is 12.0. The number of thiazole rings is 1. The molecule has 2 heterocycles. The SMILES string of the molecule is Cc1csc(=O)n1CCC(=O)NCC(c1cccs1)N(C)C. The lowest BCUT2D eigenvalue weighted by molar-refractivity contribution is -0.121. The first-order valence-electron chi connectivity index (χ1n) is 7.10. The van der Waals surface area contributed by atoms with Crippen molar-refractivity contribution in [3.8, 4) is 0 Å². The molecule has 0 aliphatic carbocycles. The van der Waals surface area contributed by atoms with Gasteiger partial charge in [-0.3, -0.25) is 9.59 Å². The van der Waals surface area contributed by atoms with Gasteiger partial charge in [-0.2, -0.15) is 0 Å². The van der Waals surface area contributed by atoms with Gasteiger partial charge in [0.1, 0.15) is 0 Å². The van der Waals surface area contributed by atoms with Gasteiger partial charge in [0.15, 0.2) is 0 Å². The number of amides is 1. The van der Waals surface area contributed by atoms with E-state index in [0.29, 0.717) is 19.5 Å². The molecule has 0 saturated carbocycles. The number of likely N-dealkylation sites (N-methyl/N-ethyl adjacent to an activating group) is 1. The van der Waals surface area contributed by atoms with Gasteiger partial charge < -0.3 is 14.8 Å². The van der Waals surface area contributed by atoms with Gasteiger partial charge in [-0.1, -0.05) is 17.4 Å². The minimum Gasteiger partial charge on any atom is -0.354 e. The van der Waals surface area contributed by atoms with E-state index in [-0.39, 0.29) is 16.8 Å². The quantitative estimate of drug-likeness (QED) is 0.840. The van der Waals surface area contributed by atoms with E-state index >= 15 is 0 Å². The monoisotopic (exact) mass is 339 g/mol. The molecular formula is C15H21N3O2S2. The molecule has 1 atom stereocenters. The van der Waals surface area contributed by atoms with Gasteiger partial charge in [-0.15, -0.1) is 11.3 Å². The summed E-state index contributed by atoms with van der Waals surface area (Å²) in [6.45, 7) is 2.89. The molecule has 0 radical (unpaired) electrons. The zero-order valence-electron chi connectivity index (χ0n) is 13.0. The molecule has 1 unspecified atom stereocenters. The van der Waals surface area contributed by atoms with Crippen molar-refractivity contribution in [3.63, 3.8) is 0 Å². The summed E-state index contributed by atoms with van der Waals surface area (Å²) in [6.07, 6.45) is 0.321. The first-order valence-corrected chi connectivity index (χ1v) is 8.86. The molecule has 2 rings (SSSR count). The average molecular weight is 339 g/mol. The van der Waals surface area contributed by atoms with Crippen LogP contribution in [0.5, 0.6) is 0 Å². The van der Waals surface area contributed by atoms with Crippen LogP contribution in [0.2, 0.25) is 0 Å². The smallest absolute Gasteiger partial charge is 0.307 e. The Morgan fingerprint density at radius 2 is 2.18 bits per heavy atom. The number of aromatic nitrogens is 1. The number of carbonyl (C=O) groups excluding carboxylic acids is 1. The fourth-order valence-electron chi connectivity index (χ4n) is 2.21. The standard InChI is InChI=1S/C15H21N3O2S2/c1-11-10-22-15(20)18(11)7-6-14(19)16-9-12(17(2)3)13-5-4-8-21-13/h4-5,8,10,12H,6-7,9H2,1-3H3,(H,16,19). The molecule has 0 aromatic carbocycles. The van der Waals surface area contributed by atoms with Crippen molar-refractivity contribution in [2.45, 2.75) is 25.9 Å². The molecular weight excluding hydrogens is 318 g/mol. The fourth-order valence-corrected chi connectivity index (χ4v) is 3.89. The largest absolute Gasteiger partial charge is 0.354 e. The Hall–Kier alpha value is -1.44. The molecule has 0 aliphatic heterocycles. The second kappa shape index (κ2) is 7.71. The zero-order valence-corrected chi connectivity index (χ0v) is 14.7. The predicted octanol–water partition coefficient (Wildman–Crippen LogP) is 2.09. The highest BCUT2D eigenvalue weighted by molar-refractivity contribution is 7.10. The Labute approximate surface area is 138 Å². The van der Waals surface area contributed by atoms with E-state index in [4.69, 9.17) is 0 Å². The molecule has 0 fully saturated rings. The van der Waals surface area contributed by atoms with Gasteiger partial charge in [0.05, 0.1) is 6.04 Å². The summed E-state index contributed by atoms with van der Waals surface area (Å²) in [4.78, 5) is 27.0. The lowest BCUT2D eigenvalue weighted by atomic mass is 10.2. The highest BCUT2D eigenvalue weighted by Gasteiger charge is 2.16. The van der Waals surface area contributed by atoms with Crippen LogP contribution in [0.3, 0.4) is 0 Å². The molecule has 1 amide bonds. The molecule has 7 heteroatoms. The zero-order chi connectivity index (χ0) is 16.1. The van der Waals surface area contributed by atoms with Crippen molar-refractivity contribution in [3.05, 3.63) is 43.1 Å². The van der Waals surface area contributed by atoms with Crippen LogP contribution in [0.25, 0.3) is 0 Å². The summed E-state index contributed by atoms with van der Waals surface area (Å²) in [5.74, 6) is -0.0269.